The maximum absolute atomic E-state index is 10.8. The van der Waals surface area contributed by atoms with E-state index in [1.165, 1.54) is 6.26 Å². The van der Waals surface area contributed by atoms with Crippen LogP contribution in [0.5, 0.6) is 5.75 Å². The Labute approximate surface area is 104 Å². The molecule has 0 unspecified atom stereocenters. The van der Waals surface area contributed by atoms with Crippen molar-refractivity contribution in [1.29, 1.82) is 0 Å². The number of hydrogen-bond donors (Lipinski definition) is 2. The van der Waals surface area contributed by atoms with Gasteiger partial charge in [0.2, 0.25) is 0 Å². The first kappa shape index (κ1) is 11.8. The SMILES string of the molecule is CCc1cc(-c2ccoc2C=O)cc(S)c1O. The molecule has 0 amide bonds. The summed E-state index contributed by atoms with van der Waals surface area (Å²) in [5, 5.41) is 9.78. The molecule has 0 saturated carbocycles. The van der Waals surface area contributed by atoms with Gasteiger partial charge in [-0.2, -0.15) is 0 Å². The molecule has 0 bridgehead atoms. The van der Waals surface area contributed by atoms with Gasteiger partial charge >= 0.3 is 0 Å². The van der Waals surface area contributed by atoms with Gasteiger partial charge in [0, 0.05) is 10.5 Å². The van der Waals surface area contributed by atoms with Crippen LogP contribution in [0.1, 0.15) is 23.0 Å². The molecule has 0 aliphatic heterocycles. The minimum atomic E-state index is 0.190. The van der Waals surface area contributed by atoms with Crippen LogP contribution in [0.4, 0.5) is 0 Å². The fourth-order valence-electron chi connectivity index (χ4n) is 1.75. The van der Waals surface area contributed by atoms with Crippen LogP contribution < -0.4 is 0 Å². The van der Waals surface area contributed by atoms with Crippen LogP contribution in [-0.4, -0.2) is 11.4 Å². The Balaban J connectivity index is 2.60. The average molecular weight is 248 g/mol. The molecular weight excluding hydrogens is 236 g/mol. The van der Waals surface area contributed by atoms with E-state index < -0.39 is 0 Å². The Bertz CT molecular complexity index is 558. The van der Waals surface area contributed by atoms with E-state index in [1.807, 2.05) is 13.0 Å². The van der Waals surface area contributed by atoms with E-state index in [0.717, 1.165) is 11.1 Å². The molecule has 0 radical (unpaired) electrons. The number of rotatable bonds is 3. The third-order valence-electron chi connectivity index (χ3n) is 2.66. The molecule has 3 nitrogen and oxygen atoms in total. The lowest BCUT2D eigenvalue weighted by Crippen LogP contribution is -1.88. The zero-order valence-electron chi connectivity index (χ0n) is 9.30. The largest absolute Gasteiger partial charge is 0.507 e. The van der Waals surface area contributed by atoms with Gasteiger partial charge in [-0.3, -0.25) is 4.79 Å². The molecule has 2 aromatic rings. The van der Waals surface area contributed by atoms with Gasteiger partial charge in [0.05, 0.1) is 6.26 Å². The van der Waals surface area contributed by atoms with Gasteiger partial charge in [-0.1, -0.05) is 6.92 Å². The van der Waals surface area contributed by atoms with Crippen molar-refractivity contribution in [1.82, 2.24) is 0 Å². The maximum Gasteiger partial charge on any atom is 0.185 e. The lowest BCUT2D eigenvalue weighted by atomic mass is 10.0. The van der Waals surface area contributed by atoms with Crippen molar-refractivity contribution in [2.24, 2.45) is 0 Å². The third kappa shape index (κ3) is 2.08. The van der Waals surface area contributed by atoms with Gasteiger partial charge in [0.25, 0.3) is 0 Å². The molecule has 0 aliphatic rings. The van der Waals surface area contributed by atoms with Crippen molar-refractivity contribution >= 4 is 18.9 Å². The Hall–Kier alpha value is -1.68. The summed E-state index contributed by atoms with van der Waals surface area (Å²) in [6.07, 6.45) is 2.84. The zero-order chi connectivity index (χ0) is 12.4. The number of carbonyl (C=O) groups excluding carboxylic acids is 1. The standard InChI is InChI=1S/C13H12O3S/c1-2-8-5-9(6-12(17)13(8)15)10-3-4-16-11(10)7-14/h3-7,15,17H,2H2,1H3. The van der Waals surface area contributed by atoms with E-state index in [1.54, 1.807) is 12.1 Å². The second-order valence-electron chi connectivity index (χ2n) is 3.67. The predicted molar refractivity (Wildman–Crippen MR) is 67.8 cm³/mol. The maximum atomic E-state index is 10.8. The second-order valence-corrected chi connectivity index (χ2v) is 4.15. The highest BCUT2D eigenvalue weighted by molar-refractivity contribution is 7.80. The first-order valence-electron chi connectivity index (χ1n) is 5.25. The van der Waals surface area contributed by atoms with Gasteiger partial charge in [0.1, 0.15) is 5.75 Å². The van der Waals surface area contributed by atoms with Gasteiger partial charge < -0.3 is 9.52 Å². The van der Waals surface area contributed by atoms with E-state index in [2.05, 4.69) is 12.6 Å². The molecule has 0 spiro atoms. The zero-order valence-corrected chi connectivity index (χ0v) is 10.2. The number of aldehydes is 1. The Kier molecular flexibility index (Phi) is 3.24. The van der Waals surface area contributed by atoms with Crippen molar-refractivity contribution in [3.8, 4) is 16.9 Å². The predicted octanol–water partition coefficient (Wildman–Crippen LogP) is 3.32. The van der Waals surface area contributed by atoms with Crippen LogP contribution in [-0.2, 0) is 6.42 Å². The molecular formula is C13H12O3S. The molecule has 2 rings (SSSR count). The Morgan fingerprint density at radius 3 is 2.88 bits per heavy atom. The molecule has 0 fully saturated rings. The molecule has 1 aromatic carbocycles. The summed E-state index contributed by atoms with van der Waals surface area (Å²) in [5.41, 5.74) is 2.33. The Morgan fingerprint density at radius 2 is 2.24 bits per heavy atom. The van der Waals surface area contributed by atoms with Crippen LogP contribution >= 0.6 is 12.6 Å². The number of phenolic OH excluding ortho intramolecular Hbond substituents is 1. The highest BCUT2D eigenvalue weighted by atomic mass is 32.1. The van der Waals surface area contributed by atoms with Crippen molar-refractivity contribution in [3.05, 3.63) is 35.8 Å². The lowest BCUT2D eigenvalue weighted by Gasteiger charge is -2.08. The number of aromatic hydroxyl groups is 1. The van der Waals surface area contributed by atoms with Crippen LogP contribution in [0.3, 0.4) is 0 Å². The van der Waals surface area contributed by atoms with Gasteiger partial charge in [0.15, 0.2) is 12.0 Å². The van der Waals surface area contributed by atoms with Crippen LogP contribution in [0.2, 0.25) is 0 Å². The second kappa shape index (κ2) is 4.67. The van der Waals surface area contributed by atoms with Gasteiger partial charge in [-0.15, -0.1) is 12.6 Å². The first-order valence-corrected chi connectivity index (χ1v) is 5.70. The van der Waals surface area contributed by atoms with E-state index in [9.17, 15) is 9.90 Å². The number of benzene rings is 1. The molecule has 4 heteroatoms. The summed E-state index contributed by atoms with van der Waals surface area (Å²) in [7, 11) is 0. The summed E-state index contributed by atoms with van der Waals surface area (Å²) < 4.78 is 5.06. The number of hydrogen-bond acceptors (Lipinski definition) is 4. The molecule has 0 atom stereocenters. The van der Waals surface area contributed by atoms with Gasteiger partial charge in [-0.05, 0) is 35.7 Å². The average Bonchev–Trinajstić information content (AvgIpc) is 2.80. The first-order chi connectivity index (χ1) is 8.17. The molecule has 0 aliphatic carbocycles. The third-order valence-corrected chi connectivity index (χ3v) is 3.00. The Morgan fingerprint density at radius 1 is 1.47 bits per heavy atom. The van der Waals surface area contributed by atoms with Crippen LogP contribution in [0.15, 0.2) is 33.8 Å². The molecule has 17 heavy (non-hydrogen) atoms. The fourth-order valence-corrected chi connectivity index (χ4v) is 2.04. The number of carbonyl (C=O) groups is 1. The lowest BCUT2D eigenvalue weighted by molar-refractivity contribution is 0.110. The molecule has 0 saturated heterocycles. The van der Waals surface area contributed by atoms with Gasteiger partial charge in [-0.25, -0.2) is 0 Å². The number of phenols is 1. The molecule has 1 aromatic heterocycles. The van der Waals surface area contributed by atoms with E-state index in [-0.39, 0.29) is 11.5 Å². The number of furan rings is 1. The van der Waals surface area contributed by atoms with Crippen LogP contribution in [0.25, 0.3) is 11.1 Å². The van der Waals surface area contributed by atoms with E-state index >= 15 is 0 Å². The minimum Gasteiger partial charge on any atom is -0.507 e. The van der Waals surface area contributed by atoms with Crippen LogP contribution in [0, 0.1) is 0 Å². The number of thiol groups is 1. The monoisotopic (exact) mass is 248 g/mol. The summed E-state index contributed by atoms with van der Waals surface area (Å²) in [6, 6.07) is 5.28. The molecule has 88 valence electrons. The smallest absolute Gasteiger partial charge is 0.185 e. The summed E-state index contributed by atoms with van der Waals surface area (Å²) in [6.45, 7) is 1.95. The summed E-state index contributed by atoms with van der Waals surface area (Å²) in [4.78, 5) is 11.3. The molecule has 1 heterocycles. The summed E-state index contributed by atoms with van der Waals surface area (Å²) >= 11 is 4.22. The van der Waals surface area contributed by atoms with Crippen molar-refractivity contribution in [2.75, 3.05) is 0 Å². The highest BCUT2D eigenvalue weighted by Gasteiger charge is 2.12. The molecule has 1 N–H and O–H groups in total. The normalized spacial score (nSPS) is 10.5. The highest BCUT2D eigenvalue weighted by Crippen LogP contribution is 2.34. The quantitative estimate of drug-likeness (QED) is 0.647. The van der Waals surface area contributed by atoms with E-state index in [4.69, 9.17) is 4.42 Å². The number of aryl methyl sites for hydroxylation is 1. The van der Waals surface area contributed by atoms with Crippen molar-refractivity contribution in [2.45, 2.75) is 18.2 Å². The van der Waals surface area contributed by atoms with E-state index in [0.29, 0.717) is 23.2 Å². The van der Waals surface area contributed by atoms with Crippen molar-refractivity contribution < 1.29 is 14.3 Å². The minimum absolute atomic E-state index is 0.190. The topological polar surface area (TPSA) is 50.4 Å². The summed E-state index contributed by atoms with van der Waals surface area (Å²) in [5.74, 6) is 0.473. The fraction of sp³-hybridized carbons (Fsp3) is 0.154. The van der Waals surface area contributed by atoms with Crippen molar-refractivity contribution in [3.63, 3.8) is 0 Å².